The van der Waals surface area contributed by atoms with Gasteiger partial charge >= 0.3 is 0 Å². The number of benzene rings is 1. The Balaban J connectivity index is 2.11. The first-order valence-corrected chi connectivity index (χ1v) is 5.46. The van der Waals surface area contributed by atoms with Crippen LogP contribution >= 0.6 is 0 Å². The van der Waals surface area contributed by atoms with Crippen molar-refractivity contribution < 1.29 is 14.7 Å². The summed E-state index contributed by atoms with van der Waals surface area (Å²) in [5, 5.41) is 11.1. The van der Waals surface area contributed by atoms with Gasteiger partial charge in [0.1, 0.15) is 0 Å². The number of anilines is 1. The van der Waals surface area contributed by atoms with Crippen LogP contribution in [0.4, 0.5) is 5.69 Å². The fraction of sp³-hybridized carbons (Fsp3) is 0.333. The average molecular weight is 234 g/mol. The van der Waals surface area contributed by atoms with Crippen molar-refractivity contribution in [1.82, 2.24) is 5.32 Å². The molecule has 1 aromatic carbocycles. The molecular formula is C12H14N2O3. The summed E-state index contributed by atoms with van der Waals surface area (Å²) >= 11 is 0. The fourth-order valence-electron chi connectivity index (χ4n) is 1.82. The third kappa shape index (κ3) is 2.82. The van der Waals surface area contributed by atoms with Gasteiger partial charge in [-0.3, -0.25) is 14.9 Å². The summed E-state index contributed by atoms with van der Waals surface area (Å²) < 4.78 is 0. The van der Waals surface area contributed by atoms with Gasteiger partial charge in [0, 0.05) is 12.3 Å². The lowest BCUT2D eigenvalue weighted by Crippen LogP contribution is -2.51. The molecule has 1 aromatic rings. The van der Waals surface area contributed by atoms with Crippen LogP contribution in [0.25, 0.3) is 0 Å². The van der Waals surface area contributed by atoms with Crippen molar-refractivity contribution in [3.63, 3.8) is 0 Å². The maximum Gasteiger partial charge on any atom is 0.246 e. The molecule has 1 fully saturated rings. The highest BCUT2D eigenvalue weighted by molar-refractivity contribution is 6.02. The summed E-state index contributed by atoms with van der Waals surface area (Å²) in [6.45, 7) is 0.514. The normalized spacial score (nSPS) is 15.9. The second-order valence-electron chi connectivity index (χ2n) is 3.97. The minimum absolute atomic E-state index is 0.115. The highest BCUT2D eigenvalue weighted by Gasteiger charge is 2.22. The third-order valence-corrected chi connectivity index (χ3v) is 2.65. The van der Waals surface area contributed by atoms with Crippen LogP contribution in [0.15, 0.2) is 24.3 Å². The Labute approximate surface area is 99.0 Å². The SMILES string of the molecule is O=C1CN(c2ccc(CCO)cc2)CC(=O)N1. The first-order chi connectivity index (χ1) is 8.19. The van der Waals surface area contributed by atoms with E-state index >= 15 is 0 Å². The van der Waals surface area contributed by atoms with E-state index in [1.807, 2.05) is 24.3 Å². The predicted octanol–water partition coefficient (Wildman–Crippen LogP) is -0.316. The molecule has 0 aromatic heterocycles. The number of hydrogen-bond acceptors (Lipinski definition) is 4. The van der Waals surface area contributed by atoms with Crippen molar-refractivity contribution in [3.8, 4) is 0 Å². The molecule has 1 aliphatic rings. The quantitative estimate of drug-likeness (QED) is 0.703. The number of imide groups is 1. The maximum absolute atomic E-state index is 11.2. The molecule has 0 spiro atoms. The number of rotatable bonds is 3. The topological polar surface area (TPSA) is 69.6 Å². The zero-order chi connectivity index (χ0) is 12.3. The van der Waals surface area contributed by atoms with Crippen molar-refractivity contribution in [2.45, 2.75) is 6.42 Å². The highest BCUT2D eigenvalue weighted by Crippen LogP contribution is 2.16. The molecule has 0 unspecified atom stereocenters. The minimum Gasteiger partial charge on any atom is -0.396 e. The Morgan fingerprint density at radius 2 is 1.71 bits per heavy atom. The molecule has 0 radical (unpaired) electrons. The van der Waals surface area contributed by atoms with E-state index in [1.165, 1.54) is 0 Å². The first kappa shape index (κ1) is 11.6. The van der Waals surface area contributed by atoms with Crippen molar-refractivity contribution >= 4 is 17.5 Å². The first-order valence-electron chi connectivity index (χ1n) is 5.46. The third-order valence-electron chi connectivity index (χ3n) is 2.65. The summed E-state index contributed by atoms with van der Waals surface area (Å²) in [4.78, 5) is 24.2. The van der Waals surface area contributed by atoms with Gasteiger partial charge in [-0.05, 0) is 24.1 Å². The zero-order valence-electron chi connectivity index (χ0n) is 9.35. The Hall–Kier alpha value is -1.88. The number of hydrogen-bond donors (Lipinski definition) is 2. The van der Waals surface area contributed by atoms with Gasteiger partial charge in [0.25, 0.3) is 0 Å². The summed E-state index contributed by atoms with van der Waals surface area (Å²) in [6, 6.07) is 7.50. The van der Waals surface area contributed by atoms with E-state index in [2.05, 4.69) is 5.32 Å². The Morgan fingerprint density at radius 3 is 2.24 bits per heavy atom. The van der Waals surface area contributed by atoms with Crippen LogP contribution < -0.4 is 10.2 Å². The molecule has 5 heteroatoms. The molecule has 1 aliphatic heterocycles. The van der Waals surface area contributed by atoms with Crippen LogP contribution in [-0.2, 0) is 16.0 Å². The van der Waals surface area contributed by atoms with Crippen molar-refractivity contribution in [2.75, 3.05) is 24.6 Å². The second kappa shape index (κ2) is 4.97. The molecule has 2 amide bonds. The van der Waals surface area contributed by atoms with Gasteiger partial charge in [-0.15, -0.1) is 0 Å². The molecule has 0 bridgehead atoms. The highest BCUT2D eigenvalue weighted by atomic mass is 16.3. The van der Waals surface area contributed by atoms with E-state index < -0.39 is 0 Å². The van der Waals surface area contributed by atoms with Crippen LogP contribution in [0.1, 0.15) is 5.56 Å². The van der Waals surface area contributed by atoms with E-state index in [1.54, 1.807) is 4.90 Å². The predicted molar refractivity (Wildman–Crippen MR) is 62.6 cm³/mol. The molecule has 0 atom stereocenters. The van der Waals surface area contributed by atoms with Gasteiger partial charge in [-0.1, -0.05) is 12.1 Å². The number of aliphatic hydroxyl groups excluding tert-OH is 1. The molecule has 2 N–H and O–H groups in total. The summed E-state index contributed by atoms with van der Waals surface area (Å²) in [5.41, 5.74) is 1.87. The zero-order valence-corrected chi connectivity index (χ0v) is 9.35. The molecule has 2 rings (SSSR count). The lowest BCUT2D eigenvalue weighted by atomic mass is 10.1. The van der Waals surface area contributed by atoms with Crippen molar-refractivity contribution in [3.05, 3.63) is 29.8 Å². The molecule has 1 heterocycles. The lowest BCUT2D eigenvalue weighted by Gasteiger charge is -2.27. The van der Waals surface area contributed by atoms with Gasteiger partial charge in [0.2, 0.25) is 11.8 Å². The summed E-state index contributed by atoms with van der Waals surface area (Å²) in [7, 11) is 0. The van der Waals surface area contributed by atoms with Gasteiger partial charge in [-0.2, -0.15) is 0 Å². The molecule has 17 heavy (non-hydrogen) atoms. The molecular weight excluding hydrogens is 220 g/mol. The Morgan fingerprint density at radius 1 is 1.12 bits per heavy atom. The van der Waals surface area contributed by atoms with Crippen LogP contribution in [0.5, 0.6) is 0 Å². The second-order valence-corrected chi connectivity index (χ2v) is 3.97. The molecule has 0 aliphatic carbocycles. The minimum atomic E-state index is -0.277. The lowest BCUT2D eigenvalue weighted by molar-refractivity contribution is -0.130. The number of nitrogens with one attached hydrogen (secondary N) is 1. The molecule has 5 nitrogen and oxygen atoms in total. The van der Waals surface area contributed by atoms with E-state index in [0.717, 1.165) is 11.3 Å². The molecule has 1 saturated heterocycles. The van der Waals surface area contributed by atoms with Crippen molar-refractivity contribution in [1.29, 1.82) is 0 Å². The number of nitrogens with zero attached hydrogens (tertiary/aromatic N) is 1. The number of carbonyl (C=O) groups excluding carboxylic acids is 2. The Kier molecular flexibility index (Phi) is 3.39. The summed E-state index contributed by atoms with van der Waals surface area (Å²) in [5.74, 6) is -0.554. The van der Waals surface area contributed by atoms with Crippen LogP contribution in [0.2, 0.25) is 0 Å². The van der Waals surface area contributed by atoms with Crippen molar-refractivity contribution in [2.24, 2.45) is 0 Å². The van der Waals surface area contributed by atoms with Gasteiger partial charge in [0.05, 0.1) is 13.1 Å². The smallest absolute Gasteiger partial charge is 0.246 e. The van der Waals surface area contributed by atoms with E-state index in [9.17, 15) is 9.59 Å². The Bertz CT molecular complexity index is 412. The fourth-order valence-corrected chi connectivity index (χ4v) is 1.82. The van der Waals surface area contributed by atoms with E-state index in [-0.39, 0.29) is 31.5 Å². The van der Waals surface area contributed by atoms with E-state index in [4.69, 9.17) is 5.11 Å². The monoisotopic (exact) mass is 234 g/mol. The molecule has 90 valence electrons. The van der Waals surface area contributed by atoms with Gasteiger partial charge in [0.15, 0.2) is 0 Å². The van der Waals surface area contributed by atoms with Gasteiger partial charge < -0.3 is 10.0 Å². The summed E-state index contributed by atoms with van der Waals surface area (Å²) in [6.07, 6.45) is 0.611. The average Bonchev–Trinajstić information content (AvgIpc) is 2.29. The number of aliphatic hydroxyl groups is 1. The van der Waals surface area contributed by atoms with Crippen LogP contribution in [0, 0.1) is 0 Å². The maximum atomic E-state index is 11.2. The van der Waals surface area contributed by atoms with Crippen LogP contribution in [-0.4, -0.2) is 36.6 Å². The standard InChI is InChI=1S/C12H14N2O3/c15-6-5-9-1-3-10(4-2-9)14-7-11(16)13-12(17)8-14/h1-4,15H,5-8H2,(H,13,16,17). The number of carbonyl (C=O) groups is 2. The molecule has 0 saturated carbocycles. The largest absolute Gasteiger partial charge is 0.396 e. The van der Waals surface area contributed by atoms with Crippen LogP contribution in [0.3, 0.4) is 0 Å². The van der Waals surface area contributed by atoms with Gasteiger partial charge in [-0.25, -0.2) is 0 Å². The van der Waals surface area contributed by atoms with E-state index in [0.29, 0.717) is 6.42 Å². The number of piperazine rings is 1. The number of amides is 2.